The van der Waals surface area contributed by atoms with Crippen molar-refractivity contribution in [3.63, 3.8) is 0 Å². The van der Waals surface area contributed by atoms with Crippen LogP contribution in [0.25, 0.3) is 21.6 Å². The van der Waals surface area contributed by atoms with Crippen molar-refractivity contribution in [3.8, 4) is 11.4 Å². The van der Waals surface area contributed by atoms with E-state index in [-0.39, 0.29) is 0 Å². The van der Waals surface area contributed by atoms with Gasteiger partial charge >= 0.3 is 0 Å². The van der Waals surface area contributed by atoms with Crippen molar-refractivity contribution < 1.29 is 0 Å². The number of anilines is 1. The third-order valence-corrected chi connectivity index (χ3v) is 4.18. The smallest absolute Gasteiger partial charge is 0.163 e. The molecular formula is C14H12N4S. The molecule has 3 aromatic rings. The molecule has 0 unspecified atom stereocenters. The van der Waals surface area contributed by atoms with E-state index in [0.717, 1.165) is 21.5 Å². The minimum absolute atomic E-state index is 0.540. The van der Waals surface area contributed by atoms with Crippen LogP contribution in [0.15, 0.2) is 29.8 Å². The van der Waals surface area contributed by atoms with Crippen molar-refractivity contribution in [2.45, 2.75) is 18.8 Å². The van der Waals surface area contributed by atoms with E-state index in [0.29, 0.717) is 17.6 Å². The van der Waals surface area contributed by atoms with Crippen LogP contribution in [-0.4, -0.2) is 15.0 Å². The first-order chi connectivity index (χ1) is 9.29. The van der Waals surface area contributed by atoms with Crippen molar-refractivity contribution in [1.82, 2.24) is 15.0 Å². The van der Waals surface area contributed by atoms with Crippen LogP contribution in [0.1, 0.15) is 24.5 Å². The molecule has 0 amide bonds. The van der Waals surface area contributed by atoms with Gasteiger partial charge in [0.2, 0.25) is 0 Å². The molecule has 1 aliphatic carbocycles. The molecule has 4 nitrogen and oxygen atoms in total. The van der Waals surface area contributed by atoms with Crippen LogP contribution in [0.5, 0.6) is 0 Å². The van der Waals surface area contributed by atoms with E-state index in [2.05, 4.69) is 21.0 Å². The summed E-state index contributed by atoms with van der Waals surface area (Å²) in [4.78, 5) is 13.4. The molecule has 0 bridgehead atoms. The maximum absolute atomic E-state index is 5.89. The molecule has 2 N–H and O–H groups in total. The predicted molar refractivity (Wildman–Crippen MR) is 77.0 cm³/mol. The molecule has 1 fully saturated rings. The zero-order valence-electron chi connectivity index (χ0n) is 10.2. The van der Waals surface area contributed by atoms with Gasteiger partial charge in [-0.15, -0.1) is 11.3 Å². The second kappa shape index (κ2) is 3.99. The van der Waals surface area contributed by atoms with Crippen LogP contribution in [0.4, 0.5) is 5.82 Å². The number of thiophene rings is 1. The molecule has 1 saturated carbocycles. The number of hydrogen-bond acceptors (Lipinski definition) is 5. The number of nitrogens with zero attached hydrogens (tertiary/aromatic N) is 3. The molecule has 3 aromatic heterocycles. The van der Waals surface area contributed by atoms with Crippen LogP contribution in [0.2, 0.25) is 0 Å². The highest BCUT2D eigenvalue weighted by Gasteiger charge is 2.26. The van der Waals surface area contributed by atoms with Gasteiger partial charge in [0.05, 0.1) is 10.2 Å². The third-order valence-electron chi connectivity index (χ3n) is 3.32. The quantitative estimate of drug-likeness (QED) is 0.775. The van der Waals surface area contributed by atoms with E-state index in [9.17, 15) is 0 Å². The highest BCUT2D eigenvalue weighted by molar-refractivity contribution is 7.17. The summed E-state index contributed by atoms with van der Waals surface area (Å²) in [6.07, 6.45) is 4.23. The number of hydrogen-bond donors (Lipinski definition) is 1. The first-order valence-electron chi connectivity index (χ1n) is 6.28. The number of rotatable bonds is 2. The van der Waals surface area contributed by atoms with Gasteiger partial charge < -0.3 is 5.73 Å². The van der Waals surface area contributed by atoms with Crippen LogP contribution in [0, 0.1) is 0 Å². The Morgan fingerprint density at radius 1 is 1.21 bits per heavy atom. The molecule has 0 saturated heterocycles. The number of nitrogen functional groups attached to an aromatic ring is 1. The summed E-state index contributed by atoms with van der Waals surface area (Å²) in [5.74, 6) is 1.80. The van der Waals surface area contributed by atoms with Crippen LogP contribution in [0.3, 0.4) is 0 Å². The Morgan fingerprint density at radius 2 is 2.11 bits per heavy atom. The van der Waals surface area contributed by atoms with Gasteiger partial charge in [0, 0.05) is 29.4 Å². The lowest BCUT2D eigenvalue weighted by atomic mass is 10.2. The molecule has 0 aliphatic heterocycles. The van der Waals surface area contributed by atoms with Gasteiger partial charge in [-0.1, -0.05) is 0 Å². The van der Waals surface area contributed by atoms with Gasteiger partial charge in [-0.05, 0) is 30.4 Å². The Hall–Kier alpha value is -2.01. The molecule has 0 spiro atoms. The van der Waals surface area contributed by atoms with Gasteiger partial charge in [0.1, 0.15) is 5.82 Å². The van der Waals surface area contributed by atoms with Gasteiger partial charge in [0.15, 0.2) is 5.82 Å². The van der Waals surface area contributed by atoms with Crippen molar-refractivity contribution in [1.29, 1.82) is 0 Å². The van der Waals surface area contributed by atoms with Crippen LogP contribution >= 0.6 is 11.3 Å². The monoisotopic (exact) mass is 268 g/mol. The van der Waals surface area contributed by atoms with Crippen LogP contribution in [-0.2, 0) is 0 Å². The van der Waals surface area contributed by atoms with E-state index in [1.54, 1.807) is 11.3 Å². The summed E-state index contributed by atoms with van der Waals surface area (Å²) in [5, 5.41) is 2.04. The average Bonchev–Trinajstić information content (AvgIpc) is 3.16. The number of nitrogens with two attached hydrogens (primary N) is 1. The highest BCUT2D eigenvalue weighted by Crippen LogP contribution is 2.40. The lowest BCUT2D eigenvalue weighted by Crippen LogP contribution is -1.99. The third kappa shape index (κ3) is 1.96. The van der Waals surface area contributed by atoms with E-state index >= 15 is 0 Å². The Labute approximate surface area is 114 Å². The Morgan fingerprint density at radius 3 is 2.95 bits per heavy atom. The van der Waals surface area contributed by atoms with E-state index in [4.69, 9.17) is 5.73 Å². The van der Waals surface area contributed by atoms with E-state index in [1.165, 1.54) is 12.8 Å². The average molecular weight is 268 g/mol. The zero-order valence-corrected chi connectivity index (χ0v) is 11.0. The number of pyridine rings is 1. The fourth-order valence-corrected chi connectivity index (χ4v) is 2.95. The molecule has 5 heteroatoms. The van der Waals surface area contributed by atoms with Crippen molar-refractivity contribution in [3.05, 3.63) is 35.5 Å². The minimum atomic E-state index is 0.540. The zero-order chi connectivity index (χ0) is 12.8. The number of fused-ring (bicyclic) bond motifs is 1. The van der Waals surface area contributed by atoms with Gasteiger partial charge in [0.25, 0.3) is 0 Å². The maximum Gasteiger partial charge on any atom is 0.163 e. The summed E-state index contributed by atoms with van der Waals surface area (Å²) in [5.41, 5.74) is 8.90. The predicted octanol–water partition coefficient (Wildman–Crippen LogP) is 3.21. The molecule has 3 heterocycles. The standard InChI is InChI=1S/C14H12N4S/c15-13-6-11(8-1-2-8)17-14(18-13)9-5-12-10(16-7-9)3-4-19-12/h3-8H,1-2H2,(H2,15,17,18). The first-order valence-corrected chi connectivity index (χ1v) is 7.15. The van der Waals surface area contributed by atoms with E-state index in [1.807, 2.05) is 23.7 Å². The minimum Gasteiger partial charge on any atom is -0.384 e. The summed E-state index contributed by atoms with van der Waals surface area (Å²) < 4.78 is 1.15. The SMILES string of the molecule is Nc1cc(C2CC2)nc(-c2cnc3ccsc3c2)n1. The summed E-state index contributed by atoms with van der Waals surface area (Å²) in [6, 6.07) is 5.98. The molecule has 0 atom stereocenters. The molecular weight excluding hydrogens is 256 g/mol. The summed E-state index contributed by atoms with van der Waals surface area (Å²) in [7, 11) is 0. The topological polar surface area (TPSA) is 64.7 Å². The maximum atomic E-state index is 5.89. The normalized spacial score (nSPS) is 14.9. The highest BCUT2D eigenvalue weighted by atomic mass is 32.1. The summed E-state index contributed by atoms with van der Waals surface area (Å²) in [6.45, 7) is 0. The largest absolute Gasteiger partial charge is 0.384 e. The molecule has 4 rings (SSSR count). The Balaban J connectivity index is 1.85. The second-order valence-electron chi connectivity index (χ2n) is 4.84. The van der Waals surface area contributed by atoms with Gasteiger partial charge in [-0.2, -0.15) is 0 Å². The molecule has 19 heavy (non-hydrogen) atoms. The second-order valence-corrected chi connectivity index (χ2v) is 5.79. The Kier molecular flexibility index (Phi) is 2.29. The summed E-state index contributed by atoms with van der Waals surface area (Å²) >= 11 is 1.67. The van der Waals surface area contributed by atoms with Crippen molar-refractivity contribution >= 4 is 27.4 Å². The first kappa shape index (κ1) is 10.9. The lowest BCUT2D eigenvalue weighted by molar-refractivity contribution is 0.998. The van der Waals surface area contributed by atoms with Crippen molar-refractivity contribution in [2.24, 2.45) is 0 Å². The fraction of sp³-hybridized carbons (Fsp3) is 0.214. The molecule has 0 aromatic carbocycles. The van der Waals surface area contributed by atoms with E-state index < -0.39 is 0 Å². The molecule has 94 valence electrons. The van der Waals surface area contributed by atoms with Gasteiger partial charge in [-0.3, -0.25) is 4.98 Å². The lowest BCUT2D eigenvalue weighted by Gasteiger charge is -2.05. The number of aromatic nitrogens is 3. The van der Waals surface area contributed by atoms with Crippen LogP contribution < -0.4 is 5.73 Å². The Bertz CT molecular complexity index is 761. The fourth-order valence-electron chi connectivity index (χ4n) is 2.17. The molecule has 1 aliphatic rings. The van der Waals surface area contributed by atoms with Crippen molar-refractivity contribution in [2.75, 3.05) is 5.73 Å². The van der Waals surface area contributed by atoms with Gasteiger partial charge in [-0.25, -0.2) is 9.97 Å². The molecule has 0 radical (unpaired) electrons.